The summed E-state index contributed by atoms with van der Waals surface area (Å²) < 4.78 is 0. The number of aromatic amines is 2. The third kappa shape index (κ3) is 3.94. The number of nitrogens with one attached hydrogen (secondary N) is 2. The molecule has 0 spiro atoms. The number of benzene rings is 1. The fourth-order valence-corrected chi connectivity index (χ4v) is 3.87. The standard InChI is InChI=1S/C26H18N4.Pd/c1-2-4-17(5-3-1)25-15-24-14-22-9-8-20(28-22)12-18-6-7-19(27-18)13-21-10-11-23(29-21)16-26(25)30-24;/h1-16,28,30H;. The maximum Gasteiger partial charge on any atom is 0.0659 e. The molecule has 5 heterocycles. The largest absolute Gasteiger partial charge is 0.355 e. The number of H-pyrrole nitrogens is 2. The molecular weight excluding hydrogens is 475 g/mol. The van der Waals surface area contributed by atoms with Crippen LogP contribution in [0.15, 0.2) is 72.8 Å². The van der Waals surface area contributed by atoms with Gasteiger partial charge in [0.15, 0.2) is 0 Å². The summed E-state index contributed by atoms with van der Waals surface area (Å²) in [7, 11) is 0. The van der Waals surface area contributed by atoms with Crippen molar-refractivity contribution >= 4 is 46.4 Å². The van der Waals surface area contributed by atoms with E-state index >= 15 is 0 Å². The van der Waals surface area contributed by atoms with Crippen LogP contribution in [0.25, 0.3) is 57.5 Å². The molecule has 8 bridgehead atoms. The SMILES string of the molecule is C1=Cc2cc3ccc(cc4cc(-c5ccccc5)c(cc5nc(cc1n2)C=C5)[nH]4)[nH]3.[Pd]. The van der Waals surface area contributed by atoms with Crippen LogP contribution in [0.1, 0.15) is 22.8 Å². The summed E-state index contributed by atoms with van der Waals surface area (Å²) in [4.78, 5) is 16.4. The zero-order valence-corrected chi connectivity index (χ0v) is 18.0. The molecule has 31 heavy (non-hydrogen) atoms. The Morgan fingerprint density at radius 2 is 1.13 bits per heavy atom. The van der Waals surface area contributed by atoms with E-state index in [0.29, 0.717) is 0 Å². The summed E-state index contributed by atoms with van der Waals surface area (Å²) in [5.41, 5.74) is 10.1. The number of hydrogen-bond acceptors (Lipinski definition) is 2. The van der Waals surface area contributed by atoms with Gasteiger partial charge >= 0.3 is 0 Å². The Bertz CT molecular complexity index is 1490. The molecule has 152 valence electrons. The van der Waals surface area contributed by atoms with E-state index in [1.807, 2.05) is 42.5 Å². The summed E-state index contributed by atoms with van der Waals surface area (Å²) in [5, 5.41) is 0. The molecule has 0 aliphatic carbocycles. The summed E-state index contributed by atoms with van der Waals surface area (Å²) >= 11 is 0. The molecule has 4 aromatic rings. The van der Waals surface area contributed by atoms with Gasteiger partial charge in [-0.1, -0.05) is 30.3 Å². The Balaban J connectivity index is 0.00000204. The molecular formula is C26H18N4Pd. The van der Waals surface area contributed by atoms with Crippen LogP contribution in [0.2, 0.25) is 0 Å². The molecule has 3 aromatic heterocycles. The summed E-state index contributed by atoms with van der Waals surface area (Å²) in [5.74, 6) is 0. The molecule has 0 fully saturated rings. The Labute approximate surface area is 193 Å². The molecule has 2 aliphatic rings. The molecule has 2 aliphatic heterocycles. The topological polar surface area (TPSA) is 57.4 Å². The molecule has 0 unspecified atom stereocenters. The minimum absolute atomic E-state index is 0. The van der Waals surface area contributed by atoms with Gasteiger partial charge in [0.25, 0.3) is 0 Å². The zero-order chi connectivity index (χ0) is 19.9. The second kappa shape index (κ2) is 7.96. The van der Waals surface area contributed by atoms with Crippen LogP contribution in [0.5, 0.6) is 0 Å². The minimum Gasteiger partial charge on any atom is -0.355 e. The van der Waals surface area contributed by atoms with Crippen molar-refractivity contribution in [3.05, 3.63) is 95.6 Å². The van der Waals surface area contributed by atoms with Crippen LogP contribution >= 0.6 is 0 Å². The Hall–Kier alpha value is -3.52. The zero-order valence-electron chi connectivity index (χ0n) is 16.4. The third-order valence-electron chi connectivity index (χ3n) is 5.25. The monoisotopic (exact) mass is 492 g/mol. The molecule has 6 rings (SSSR count). The van der Waals surface area contributed by atoms with Crippen LogP contribution in [0.3, 0.4) is 0 Å². The first kappa shape index (κ1) is 19.4. The number of fused-ring (bicyclic) bond motifs is 8. The molecule has 1 aromatic carbocycles. The van der Waals surface area contributed by atoms with Crippen LogP contribution < -0.4 is 0 Å². The Kier molecular flexibility index (Phi) is 4.99. The van der Waals surface area contributed by atoms with Gasteiger partial charge in [-0.25, -0.2) is 9.97 Å². The van der Waals surface area contributed by atoms with E-state index in [-0.39, 0.29) is 20.4 Å². The fraction of sp³-hybridized carbons (Fsp3) is 0. The van der Waals surface area contributed by atoms with Crippen molar-refractivity contribution in [2.45, 2.75) is 0 Å². The molecule has 0 atom stereocenters. The third-order valence-corrected chi connectivity index (χ3v) is 5.25. The maximum absolute atomic E-state index is 4.76. The smallest absolute Gasteiger partial charge is 0.0659 e. The second-order valence-corrected chi connectivity index (χ2v) is 7.45. The molecule has 0 radical (unpaired) electrons. The van der Waals surface area contributed by atoms with Crippen molar-refractivity contribution in [3.8, 4) is 11.1 Å². The first-order valence-electron chi connectivity index (χ1n) is 9.92. The van der Waals surface area contributed by atoms with Crippen LogP contribution in [-0.4, -0.2) is 19.9 Å². The molecule has 4 nitrogen and oxygen atoms in total. The fourth-order valence-electron chi connectivity index (χ4n) is 3.87. The quantitative estimate of drug-likeness (QED) is 0.264. The number of hydrogen-bond donors (Lipinski definition) is 2. The summed E-state index contributed by atoms with van der Waals surface area (Å²) in [6.07, 6.45) is 8.10. The van der Waals surface area contributed by atoms with Gasteiger partial charge < -0.3 is 9.97 Å². The van der Waals surface area contributed by atoms with Crippen molar-refractivity contribution in [1.29, 1.82) is 0 Å². The Morgan fingerprint density at radius 3 is 1.84 bits per heavy atom. The molecule has 5 heteroatoms. The number of rotatable bonds is 1. The van der Waals surface area contributed by atoms with Gasteiger partial charge in [0.05, 0.1) is 22.8 Å². The van der Waals surface area contributed by atoms with E-state index in [2.05, 4.69) is 69.5 Å². The molecule has 0 saturated heterocycles. The van der Waals surface area contributed by atoms with E-state index in [1.54, 1.807) is 0 Å². The molecule has 0 saturated carbocycles. The predicted octanol–water partition coefficient (Wildman–Crippen LogP) is 6.32. The van der Waals surface area contributed by atoms with Gasteiger partial charge in [-0.3, -0.25) is 0 Å². The van der Waals surface area contributed by atoms with Crippen molar-refractivity contribution in [3.63, 3.8) is 0 Å². The average Bonchev–Trinajstić information content (AvgIpc) is 3.53. The van der Waals surface area contributed by atoms with E-state index < -0.39 is 0 Å². The van der Waals surface area contributed by atoms with Gasteiger partial charge in [0, 0.05) is 48.1 Å². The van der Waals surface area contributed by atoms with Crippen molar-refractivity contribution in [1.82, 2.24) is 19.9 Å². The minimum atomic E-state index is 0. The van der Waals surface area contributed by atoms with Gasteiger partial charge in [0.2, 0.25) is 0 Å². The van der Waals surface area contributed by atoms with Gasteiger partial charge in [-0.05, 0) is 72.3 Å². The first-order chi connectivity index (χ1) is 14.8. The van der Waals surface area contributed by atoms with E-state index in [9.17, 15) is 0 Å². The van der Waals surface area contributed by atoms with Crippen LogP contribution in [0.4, 0.5) is 0 Å². The molecule has 0 amide bonds. The van der Waals surface area contributed by atoms with E-state index in [1.165, 1.54) is 5.56 Å². The normalized spacial score (nSPS) is 12.0. The van der Waals surface area contributed by atoms with E-state index in [4.69, 9.17) is 4.98 Å². The van der Waals surface area contributed by atoms with E-state index in [0.717, 1.165) is 50.4 Å². The maximum atomic E-state index is 4.76. The van der Waals surface area contributed by atoms with Gasteiger partial charge in [-0.2, -0.15) is 0 Å². The number of aromatic nitrogens is 4. The average molecular weight is 493 g/mol. The van der Waals surface area contributed by atoms with Crippen molar-refractivity contribution in [2.24, 2.45) is 0 Å². The molecule has 2 N–H and O–H groups in total. The van der Waals surface area contributed by atoms with Crippen LogP contribution in [-0.2, 0) is 20.4 Å². The second-order valence-electron chi connectivity index (χ2n) is 7.45. The van der Waals surface area contributed by atoms with Crippen LogP contribution in [0, 0.1) is 0 Å². The van der Waals surface area contributed by atoms with Gasteiger partial charge in [-0.15, -0.1) is 0 Å². The van der Waals surface area contributed by atoms with Crippen molar-refractivity contribution in [2.75, 3.05) is 0 Å². The summed E-state index contributed by atoms with van der Waals surface area (Å²) in [6, 6.07) is 25.0. The van der Waals surface area contributed by atoms with Gasteiger partial charge in [0.1, 0.15) is 0 Å². The Morgan fingerprint density at radius 1 is 0.516 bits per heavy atom. The predicted molar refractivity (Wildman–Crippen MR) is 124 cm³/mol. The first-order valence-corrected chi connectivity index (χ1v) is 9.92. The number of nitrogens with zero attached hydrogens (tertiary/aromatic N) is 2. The van der Waals surface area contributed by atoms with Crippen molar-refractivity contribution < 1.29 is 20.4 Å². The summed E-state index contributed by atoms with van der Waals surface area (Å²) in [6.45, 7) is 0.